The number of hydrogen-bond donors (Lipinski definition) is 0. The van der Waals surface area contributed by atoms with Crippen LogP contribution in [-0.4, -0.2) is 33.6 Å². The lowest BCUT2D eigenvalue weighted by molar-refractivity contribution is 0.0599. The molecule has 6 heteroatoms. The minimum absolute atomic E-state index is 0.145. The Morgan fingerprint density at radius 1 is 1.27 bits per heavy atom. The molecule has 0 atom stereocenters. The first-order chi connectivity index (χ1) is 12.7. The highest BCUT2D eigenvalue weighted by Crippen LogP contribution is 2.24. The molecule has 0 saturated carbocycles. The summed E-state index contributed by atoms with van der Waals surface area (Å²) in [5.41, 5.74) is 3.73. The molecular weight excluding hydrogens is 350 g/mol. The molecule has 1 aliphatic heterocycles. The van der Waals surface area contributed by atoms with Crippen LogP contribution in [0, 0.1) is 5.92 Å². The fraction of sp³-hybridized carbons (Fsp3) is 0.350. The van der Waals surface area contributed by atoms with Gasteiger partial charge in [-0.3, -0.25) is 4.79 Å². The summed E-state index contributed by atoms with van der Waals surface area (Å²) in [4.78, 5) is 17.0. The van der Waals surface area contributed by atoms with Crippen molar-refractivity contribution in [3.05, 3.63) is 64.7 Å². The van der Waals surface area contributed by atoms with Gasteiger partial charge in [0.05, 0.1) is 5.52 Å². The van der Waals surface area contributed by atoms with Crippen molar-refractivity contribution >= 4 is 22.9 Å². The second kappa shape index (κ2) is 7.56. The molecule has 1 aliphatic rings. The maximum atomic E-state index is 12.9. The van der Waals surface area contributed by atoms with Crippen molar-refractivity contribution < 1.29 is 9.53 Å². The van der Waals surface area contributed by atoms with Gasteiger partial charge in [0.2, 0.25) is 0 Å². The molecule has 134 valence electrons. The number of ketones is 1. The number of rotatable bonds is 5. The van der Waals surface area contributed by atoms with Crippen molar-refractivity contribution in [2.75, 3.05) is 13.2 Å². The summed E-state index contributed by atoms with van der Waals surface area (Å²) in [5.74, 6) is 0.542. The van der Waals surface area contributed by atoms with E-state index in [0.717, 1.165) is 42.7 Å². The van der Waals surface area contributed by atoms with Gasteiger partial charge in [-0.15, -0.1) is 0 Å². The molecule has 0 radical (unpaired) electrons. The van der Waals surface area contributed by atoms with Gasteiger partial charge < -0.3 is 4.74 Å². The number of pyridine rings is 1. The third-order valence-corrected chi connectivity index (χ3v) is 5.13. The van der Waals surface area contributed by atoms with E-state index in [4.69, 9.17) is 16.3 Å². The van der Waals surface area contributed by atoms with E-state index in [1.54, 1.807) is 23.0 Å². The lowest BCUT2D eigenvalue weighted by Crippen LogP contribution is -2.19. The molecule has 4 rings (SSSR count). The number of carbonyl (C=O) groups excluding carboxylic acids is 1. The maximum absolute atomic E-state index is 12.9. The highest BCUT2D eigenvalue weighted by atomic mass is 35.5. The van der Waals surface area contributed by atoms with Crippen LogP contribution in [-0.2, 0) is 11.2 Å². The van der Waals surface area contributed by atoms with Crippen LogP contribution in [0.1, 0.15) is 40.9 Å². The summed E-state index contributed by atoms with van der Waals surface area (Å²) in [6.45, 7) is 1.50. The first kappa shape index (κ1) is 17.2. The molecule has 0 spiro atoms. The van der Waals surface area contributed by atoms with Gasteiger partial charge in [-0.25, -0.2) is 9.50 Å². The molecule has 0 bridgehead atoms. The zero-order valence-electron chi connectivity index (χ0n) is 14.4. The van der Waals surface area contributed by atoms with Crippen LogP contribution in [0.4, 0.5) is 0 Å². The largest absolute Gasteiger partial charge is 0.381 e. The van der Waals surface area contributed by atoms with Gasteiger partial charge in [-0.1, -0.05) is 17.7 Å². The normalized spacial score (nSPS) is 15.4. The van der Waals surface area contributed by atoms with E-state index in [1.165, 1.54) is 0 Å². The second-order valence-electron chi connectivity index (χ2n) is 6.72. The van der Waals surface area contributed by atoms with Crippen molar-refractivity contribution in [3.63, 3.8) is 0 Å². The van der Waals surface area contributed by atoms with Crippen LogP contribution in [0.25, 0.3) is 5.52 Å². The predicted molar refractivity (Wildman–Crippen MR) is 99.7 cm³/mol. The highest BCUT2D eigenvalue weighted by Gasteiger charge is 2.22. The molecule has 0 amide bonds. The van der Waals surface area contributed by atoms with E-state index < -0.39 is 0 Å². The number of aromatic nitrogens is 3. The van der Waals surface area contributed by atoms with Crippen molar-refractivity contribution in [3.8, 4) is 0 Å². The number of fused-ring (bicyclic) bond motifs is 1. The quantitative estimate of drug-likeness (QED) is 0.504. The SMILES string of the molecule is O=C(CC1CCOCC1)c1cc(Cc2ccc(Cl)nc2)c2cccnn12. The maximum Gasteiger partial charge on any atom is 0.181 e. The van der Waals surface area contributed by atoms with Gasteiger partial charge in [0.25, 0.3) is 0 Å². The Morgan fingerprint density at radius 2 is 2.12 bits per heavy atom. The minimum Gasteiger partial charge on any atom is -0.381 e. The molecule has 3 aromatic heterocycles. The molecule has 4 heterocycles. The number of nitrogens with zero attached hydrogens (tertiary/aromatic N) is 3. The molecule has 3 aromatic rings. The van der Waals surface area contributed by atoms with Crippen LogP contribution in [0.5, 0.6) is 0 Å². The molecule has 1 saturated heterocycles. The van der Waals surface area contributed by atoms with Gasteiger partial charge >= 0.3 is 0 Å². The summed E-state index contributed by atoms with van der Waals surface area (Å²) >= 11 is 5.87. The van der Waals surface area contributed by atoms with Crippen LogP contribution < -0.4 is 0 Å². The minimum atomic E-state index is 0.145. The summed E-state index contributed by atoms with van der Waals surface area (Å²) in [5, 5.41) is 4.88. The fourth-order valence-electron chi connectivity index (χ4n) is 3.50. The zero-order chi connectivity index (χ0) is 17.9. The molecule has 0 unspecified atom stereocenters. The van der Waals surface area contributed by atoms with Crippen LogP contribution in [0.2, 0.25) is 5.15 Å². The monoisotopic (exact) mass is 369 g/mol. The van der Waals surface area contributed by atoms with E-state index in [0.29, 0.717) is 29.6 Å². The topological polar surface area (TPSA) is 56.5 Å². The first-order valence-corrected chi connectivity index (χ1v) is 9.25. The van der Waals surface area contributed by atoms with E-state index in [1.807, 2.05) is 24.3 Å². The number of halogens is 1. The van der Waals surface area contributed by atoms with Crippen molar-refractivity contribution in [1.29, 1.82) is 0 Å². The lowest BCUT2D eigenvalue weighted by atomic mass is 9.93. The summed E-state index contributed by atoms with van der Waals surface area (Å²) in [7, 11) is 0. The van der Waals surface area contributed by atoms with Crippen LogP contribution >= 0.6 is 11.6 Å². The van der Waals surface area contributed by atoms with Crippen molar-refractivity contribution in [2.24, 2.45) is 5.92 Å². The molecule has 0 aromatic carbocycles. The number of Topliss-reactive ketones (excluding diaryl/α,β-unsaturated/α-hetero) is 1. The standard InChI is InChI=1S/C20H20ClN3O2/c21-20-4-3-15(13-22-20)10-16-12-18(24-17(16)2-1-7-23-24)19(25)11-14-5-8-26-9-6-14/h1-4,7,12-14H,5-6,8-11H2. The fourth-order valence-corrected chi connectivity index (χ4v) is 3.61. The van der Waals surface area contributed by atoms with Crippen LogP contribution in [0.15, 0.2) is 42.7 Å². The number of ether oxygens (including phenoxy) is 1. The Labute approximate surface area is 157 Å². The third kappa shape index (κ3) is 3.64. The molecule has 26 heavy (non-hydrogen) atoms. The molecular formula is C20H20ClN3O2. The van der Waals surface area contributed by atoms with E-state index in [9.17, 15) is 4.79 Å². The van der Waals surface area contributed by atoms with Gasteiger partial charge in [-0.2, -0.15) is 5.10 Å². The Kier molecular flexibility index (Phi) is 5.00. The molecule has 0 aliphatic carbocycles. The van der Waals surface area contributed by atoms with E-state index >= 15 is 0 Å². The highest BCUT2D eigenvalue weighted by molar-refractivity contribution is 6.29. The summed E-state index contributed by atoms with van der Waals surface area (Å²) in [6.07, 6.45) is 6.62. The van der Waals surface area contributed by atoms with E-state index in [-0.39, 0.29) is 5.78 Å². The average molecular weight is 370 g/mol. The van der Waals surface area contributed by atoms with Gasteiger partial charge in [0.1, 0.15) is 10.8 Å². The third-order valence-electron chi connectivity index (χ3n) is 4.90. The first-order valence-electron chi connectivity index (χ1n) is 8.88. The Morgan fingerprint density at radius 3 is 2.88 bits per heavy atom. The molecule has 5 nitrogen and oxygen atoms in total. The van der Waals surface area contributed by atoms with Gasteiger partial charge in [-0.05, 0) is 54.2 Å². The lowest BCUT2D eigenvalue weighted by Gasteiger charge is -2.20. The zero-order valence-corrected chi connectivity index (χ0v) is 15.2. The Balaban J connectivity index is 1.62. The van der Waals surface area contributed by atoms with Gasteiger partial charge in [0.15, 0.2) is 5.78 Å². The van der Waals surface area contributed by atoms with Crippen molar-refractivity contribution in [2.45, 2.75) is 25.7 Å². The smallest absolute Gasteiger partial charge is 0.181 e. The summed E-state index contributed by atoms with van der Waals surface area (Å²) in [6, 6.07) is 9.60. The number of hydrogen-bond acceptors (Lipinski definition) is 4. The molecule has 1 fully saturated rings. The number of carbonyl (C=O) groups is 1. The predicted octanol–water partition coefficient (Wildman–Crippen LogP) is 3.97. The molecule has 0 N–H and O–H groups in total. The van der Waals surface area contributed by atoms with Gasteiger partial charge in [0, 0.05) is 38.4 Å². The van der Waals surface area contributed by atoms with Crippen LogP contribution in [0.3, 0.4) is 0 Å². The van der Waals surface area contributed by atoms with E-state index in [2.05, 4.69) is 10.1 Å². The average Bonchev–Trinajstić information content (AvgIpc) is 3.03. The summed E-state index contributed by atoms with van der Waals surface area (Å²) < 4.78 is 7.16. The second-order valence-corrected chi connectivity index (χ2v) is 7.11. The van der Waals surface area contributed by atoms with Crippen molar-refractivity contribution in [1.82, 2.24) is 14.6 Å². The Bertz CT molecular complexity index is 914. The Hall–Kier alpha value is -2.24.